The standard InChI is InChI=1S/C17H22N4O/c1-13(2)21-8-4-5-14(12-21)16-10-19-11-17(20-16)22-15-6-3-7-18-9-15/h3,6-7,9-11,13-14H,4-5,8,12H2,1-2H3/t14-/m0/s1. The highest BCUT2D eigenvalue weighted by Crippen LogP contribution is 2.28. The van der Waals surface area contributed by atoms with Crippen LogP contribution >= 0.6 is 0 Å². The first-order valence-corrected chi connectivity index (χ1v) is 7.86. The minimum absolute atomic E-state index is 0.432. The quantitative estimate of drug-likeness (QED) is 0.867. The fourth-order valence-corrected chi connectivity index (χ4v) is 2.85. The molecule has 0 radical (unpaired) electrons. The number of rotatable bonds is 4. The van der Waals surface area contributed by atoms with Crippen molar-refractivity contribution in [2.24, 2.45) is 0 Å². The Hall–Kier alpha value is -2.01. The zero-order valence-corrected chi connectivity index (χ0v) is 13.1. The molecule has 1 aliphatic heterocycles. The van der Waals surface area contributed by atoms with Crippen LogP contribution in [0.3, 0.4) is 0 Å². The van der Waals surface area contributed by atoms with Gasteiger partial charge in [0.25, 0.3) is 0 Å². The molecular weight excluding hydrogens is 276 g/mol. The molecule has 1 atom stereocenters. The van der Waals surface area contributed by atoms with Gasteiger partial charge in [0.05, 0.1) is 18.1 Å². The predicted octanol–water partition coefficient (Wildman–Crippen LogP) is 3.25. The average molecular weight is 298 g/mol. The number of hydrogen-bond acceptors (Lipinski definition) is 5. The van der Waals surface area contributed by atoms with Crippen LogP contribution in [0.1, 0.15) is 38.3 Å². The van der Waals surface area contributed by atoms with Crippen molar-refractivity contribution in [3.8, 4) is 11.6 Å². The zero-order valence-electron chi connectivity index (χ0n) is 13.1. The first-order chi connectivity index (χ1) is 10.7. The van der Waals surface area contributed by atoms with Crippen LogP contribution in [0.15, 0.2) is 36.9 Å². The molecule has 0 aromatic carbocycles. The van der Waals surface area contributed by atoms with Crippen LogP contribution in [-0.2, 0) is 0 Å². The number of hydrogen-bond donors (Lipinski definition) is 0. The maximum absolute atomic E-state index is 5.73. The van der Waals surface area contributed by atoms with Gasteiger partial charge in [0.15, 0.2) is 0 Å². The Labute approximate surface area is 131 Å². The minimum Gasteiger partial charge on any atom is -0.436 e. The molecule has 2 aromatic rings. The molecule has 2 aromatic heterocycles. The Balaban J connectivity index is 1.73. The average Bonchev–Trinajstić information content (AvgIpc) is 2.56. The van der Waals surface area contributed by atoms with E-state index in [9.17, 15) is 0 Å². The van der Waals surface area contributed by atoms with Gasteiger partial charge in [-0.2, -0.15) is 0 Å². The van der Waals surface area contributed by atoms with Crippen LogP contribution in [0.2, 0.25) is 0 Å². The van der Waals surface area contributed by atoms with Crippen LogP contribution in [0.4, 0.5) is 0 Å². The lowest BCUT2D eigenvalue weighted by molar-refractivity contribution is 0.166. The molecule has 0 spiro atoms. The third-order valence-corrected chi connectivity index (χ3v) is 4.09. The van der Waals surface area contributed by atoms with E-state index in [4.69, 9.17) is 4.74 Å². The molecule has 1 aliphatic rings. The van der Waals surface area contributed by atoms with Crippen LogP contribution in [0.5, 0.6) is 11.6 Å². The number of nitrogens with zero attached hydrogens (tertiary/aromatic N) is 4. The molecule has 0 saturated carbocycles. The summed E-state index contributed by atoms with van der Waals surface area (Å²) in [4.78, 5) is 15.5. The molecule has 0 amide bonds. The summed E-state index contributed by atoms with van der Waals surface area (Å²) in [5, 5.41) is 0. The largest absolute Gasteiger partial charge is 0.436 e. The molecule has 116 valence electrons. The van der Waals surface area contributed by atoms with Gasteiger partial charge >= 0.3 is 0 Å². The summed E-state index contributed by atoms with van der Waals surface area (Å²) in [6.45, 7) is 6.71. The fraction of sp³-hybridized carbons (Fsp3) is 0.471. The second-order valence-corrected chi connectivity index (χ2v) is 6.00. The molecular formula is C17H22N4O. The first-order valence-electron chi connectivity index (χ1n) is 7.86. The van der Waals surface area contributed by atoms with E-state index in [-0.39, 0.29) is 0 Å². The highest BCUT2D eigenvalue weighted by molar-refractivity contribution is 5.23. The van der Waals surface area contributed by atoms with Crippen molar-refractivity contribution in [1.82, 2.24) is 19.9 Å². The van der Waals surface area contributed by atoms with Gasteiger partial charge in [-0.05, 0) is 45.4 Å². The lowest BCUT2D eigenvalue weighted by Crippen LogP contribution is -2.39. The van der Waals surface area contributed by atoms with Crippen molar-refractivity contribution in [2.75, 3.05) is 13.1 Å². The van der Waals surface area contributed by atoms with Crippen LogP contribution in [-0.4, -0.2) is 39.0 Å². The number of likely N-dealkylation sites (tertiary alicyclic amines) is 1. The third kappa shape index (κ3) is 3.60. The van der Waals surface area contributed by atoms with E-state index >= 15 is 0 Å². The predicted molar refractivity (Wildman–Crippen MR) is 85.0 cm³/mol. The highest BCUT2D eigenvalue weighted by atomic mass is 16.5. The Morgan fingerprint density at radius 3 is 2.91 bits per heavy atom. The molecule has 0 unspecified atom stereocenters. The number of pyridine rings is 1. The molecule has 5 nitrogen and oxygen atoms in total. The van der Waals surface area contributed by atoms with Gasteiger partial charge in [0.1, 0.15) is 5.75 Å². The van der Waals surface area contributed by atoms with Crippen LogP contribution < -0.4 is 4.74 Å². The molecule has 1 fully saturated rings. The van der Waals surface area contributed by atoms with Gasteiger partial charge in [0.2, 0.25) is 5.88 Å². The van der Waals surface area contributed by atoms with E-state index < -0.39 is 0 Å². The maximum atomic E-state index is 5.73. The van der Waals surface area contributed by atoms with E-state index in [1.165, 1.54) is 13.0 Å². The molecule has 3 rings (SSSR count). The second-order valence-electron chi connectivity index (χ2n) is 6.00. The van der Waals surface area contributed by atoms with Crippen LogP contribution in [0.25, 0.3) is 0 Å². The third-order valence-electron chi connectivity index (χ3n) is 4.09. The summed E-state index contributed by atoms with van der Waals surface area (Å²) in [6, 6.07) is 4.28. The van der Waals surface area contributed by atoms with Gasteiger partial charge in [-0.15, -0.1) is 0 Å². The van der Waals surface area contributed by atoms with Gasteiger partial charge < -0.3 is 9.64 Å². The summed E-state index contributed by atoms with van der Waals surface area (Å²) in [5.74, 6) is 1.65. The van der Waals surface area contributed by atoms with Gasteiger partial charge in [-0.3, -0.25) is 9.97 Å². The number of ether oxygens (including phenoxy) is 1. The molecule has 0 bridgehead atoms. The Morgan fingerprint density at radius 2 is 2.14 bits per heavy atom. The molecule has 0 N–H and O–H groups in total. The first kappa shape index (κ1) is 14.9. The monoisotopic (exact) mass is 298 g/mol. The van der Waals surface area contributed by atoms with Crippen molar-refractivity contribution >= 4 is 0 Å². The SMILES string of the molecule is CC(C)N1CCC[C@H](c2cncc(Oc3cccnc3)n2)C1. The molecule has 3 heterocycles. The number of aromatic nitrogens is 3. The summed E-state index contributed by atoms with van der Waals surface area (Å²) in [6.07, 6.45) is 9.28. The Bertz CT molecular complexity index is 603. The molecule has 0 aliphatic carbocycles. The minimum atomic E-state index is 0.432. The summed E-state index contributed by atoms with van der Waals surface area (Å²) >= 11 is 0. The number of piperidine rings is 1. The zero-order chi connectivity index (χ0) is 15.4. The smallest absolute Gasteiger partial charge is 0.238 e. The van der Waals surface area contributed by atoms with E-state index in [1.807, 2.05) is 18.3 Å². The lowest BCUT2D eigenvalue weighted by Gasteiger charge is -2.35. The van der Waals surface area contributed by atoms with E-state index in [1.54, 1.807) is 18.6 Å². The van der Waals surface area contributed by atoms with E-state index in [0.29, 0.717) is 23.6 Å². The fourth-order valence-electron chi connectivity index (χ4n) is 2.85. The van der Waals surface area contributed by atoms with Crippen molar-refractivity contribution < 1.29 is 4.74 Å². The summed E-state index contributed by atoms with van der Waals surface area (Å²) in [5.41, 5.74) is 1.02. The van der Waals surface area contributed by atoms with Crippen LogP contribution in [0, 0.1) is 0 Å². The van der Waals surface area contributed by atoms with E-state index in [2.05, 4.69) is 33.7 Å². The van der Waals surface area contributed by atoms with E-state index in [0.717, 1.165) is 18.7 Å². The summed E-state index contributed by atoms with van der Waals surface area (Å²) < 4.78 is 5.73. The normalized spacial score (nSPS) is 19.3. The van der Waals surface area contributed by atoms with Crippen molar-refractivity contribution in [2.45, 2.75) is 38.6 Å². The topological polar surface area (TPSA) is 51.1 Å². The second kappa shape index (κ2) is 6.83. The van der Waals surface area contributed by atoms with Gasteiger partial charge in [-0.25, -0.2) is 4.98 Å². The molecule has 1 saturated heterocycles. The Morgan fingerprint density at radius 1 is 1.23 bits per heavy atom. The van der Waals surface area contributed by atoms with Crippen molar-refractivity contribution in [3.05, 3.63) is 42.6 Å². The van der Waals surface area contributed by atoms with Gasteiger partial charge in [0, 0.05) is 30.9 Å². The molecule has 22 heavy (non-hydrogen) atoms. The molecule has 5 heteroatoms. The highest BCUT2D eigenvalue weighted by Gasteiger charge is 2.24. The van der Waals surface area contributed by atoms with Crippen molar-refractivity contribution in [3.63, 3.8) is 0 Å². The van der Waals surface area contributed by atoms with Crippen molar-refractivity contribution in [1.29, 1.82) is 0 Å². The maximum Gasteiger partial charge on any atom is 0.238 e. The lowest BCUT2D eigenvalue weighted by atomic mass is 9.94. The summed E-state index contributed by atoms with van der Waals surface area (Å²) in [7, 11) is 0. The van der Waals surface area contributed by atoms with Gasteiger partial charge in [-0.1, -0.05) is 0 Å². The Kier molecular flexibility index (Phi) is 4.63.